The van der Waals surface area contributed by atoms with Crippen molar-refractivity contribution in [1.29, 1.82) is 0 Å². The van der Waals surface area contributed by atoms with Crippen molar-refractivity contribution in [1.82, 2.24) is 19.8 Å². The summed E-state index contributed by atoms with van der Waals surface area (Å²) in [6, 6.07) is 9.88. The van der Waals surface area contributed by atoms with Crippen LogP contribution in [-0.4, -0.2) is 58.4 Å². The van der Waals surface area contributed by atoms with Crippen LogP contribution in [0.2, 0.25) is 5.02 Å². The van der Waals surface area contributed by atoms with Gasteiger partial charge in [-0.25, -0.2) is 14.4 Å². The number of benzene rings is 2. The predicted octanol–water partition coefficient (Wildman–Crippen LogP) is 4.05. The SMILES string of the molecule is O=C1NC(=Nc2ccc(F)cc2Cl)SC1=Cc1ccc2ncn(CCN3CCOCC3)c2c1. The summed E-state index contributed by atoms with van der Waals surface area (Å²) in [7, 11) is 0. The number of aliphatic imine (C=N–C) groups is 1. The predicted molar refractivity (Wildman–Crippen MR) is 129 cm³/mol. The number of halogens is 2. The number of ether oxygens (including phenoxy) is 1. The summed E-state index contributed by atoms with van der Waals surface area (Å²) in [4.78, 5) is 24.2. The first kappa shape index (κ1) is 22.1. The van der Waals surface area contributed by atoms with E-state index in [4.69, 9.17) is 16.3 Å². The number of amidine groups is 1. The van der Waals surface area contributed by atoms with Crippen molar-refractivity contribution in [3.05, 3.63) is 64.0 Å². The van der Waals surface area contributed by atoms with Crippen molar-refractivity contribution < 1.29 is 13.9 Å². The quantitative estimate of drug-likeness (QED) is 0.552. The van der Waals surface area contributed by atoms with Gasteiger partial charge < -0.3 is 14.6 Å². The zero-order valence-corrected chi connectivity index (χ0v) is 19.2. The summed E-state index contributed by atoms with van der Waals surface area (Å²) in [5.41, 5.74) is 3.23. The lowest BCUT2D eigenvalue weighted by atomic mass is 10.2. The van der Waals surface area contributed by atoms with E-state index < -0.39 is 5.82 Å². The molecule has 7 nitrogen and oxygen atoms in total. The number of morpholine rings is 1. The molecular formula is C23H21ClFN5O2S. The number of hydrogen-bond donors (Lipinski definition) is 1. The molecule has 5 rings (SSSR count). The summed E-state index contributed by atoms with van der Waals surface area (Å²) in [6.07, 6.45) is 3.68. The van der Waals surface area contributed by atoms with Gasteiger partial charge in [0.25, 0.3) is 5.91 Å². The van der Waals surface area contributed by atoms with Gasteiger partial charge in [-0.1, -0.05) is 17.7 Å². The second-order valence-corrected chi connectivity index (χ2v) is 9.16. The van der Waals surface area contributed by atoms with E-state index in [0.717, 1.165) is 56.0 Å². The van der Waals surface area contributed by atoms with Crippen LogP contribution in [0.25, 0.3) is 17.1 Å². The van der Waals surface area contributed by atoms with Crippen molar-refractivity contribution >= 4 is 57.2 Å². The molecule has 33 heavy (non-hydrogen) atoms. The molecule has 3 heterocycles. The number of carbonyl (C=O) groups is 1. The Morgan fingerprint density at radius 1 is 1.21 bits per heavy atom. The third kappa shape index (κ3) is 5.11. The number of imidazole rings is 1. The largest absolute Gasteiger partial charge is 0.379 e. The van der Waals surface area contributed by atoms with Gasteiger partial charge in [-0.05, 0) is 53.7 Å². The Labute approximate surface area is 199 Å². The second kappa shape index (κ2) is 9.64. The number of nitrogens with zero attached hydrogens (tertiary/aromatic N) is 4. The number of rotatable bonds is 5. The number of nitrogens with one attached hydrogen (secondary N) is 1. The van der Waals surface area contributed by atoms with Gasteiger partial charge in [-0.15, -0.1) is 0 Å². The molecule has 0 bridgehead atoms. The highest BCUT2D eigenvalue weighted by Crippen LogP contribution is 2.31. The minimum atomic E-state index is -0.438. The van der Waals surface area contributed by atoms with Crippen LogP contribution in [0.3, 0.4) is 0 Å². The molecule has 1 N–H and O–H groups in total. The number of fused-ring (bicyclic) bond motifs is 1. The molecule has 0 spiro atoms. The highest BCUT2D eigenvalue weighted by Gasteiger charge is 2.24. The average molecular weight is 486 g/mol. The molecule has 2 saturated heterocycles. The summed E-state index contributed by atoms with van der Waals surface area (Å²) < 4.78 is 20.8. The molecule has 2 aliphatic rings. The average Bonchev–Trinajstić information content (AvgIpc) is 3.37. The van der Waals surface area contributed by atoms with E-state index in [1.807, 2.05) is 30.6 Å². The Hall–Kier alpha value is -2.72. The summed E-state index contributed by atoms with van der Waals surface area (Å²) >= 11 is 7.26. The third-order valence-corrected chi connectivity index (χ3v) is 6.70. The van der Waals surface area contributed by atoms with E-state index in [2.05, 4.69) is 24.8 Å². The topological polar surface area (TPSA) is 71.8 Å². The summed E-state index contributed by atoms with van der Waals surface area (Å²) in [6.45, 7) is 5.22. The standard InChI is InChI=1S/C23H21ClFN5O2S/c24-17-13-16(25)2-4-18(17)27-23-28-22(31)21(33-23)12-15-1-3-19-20(11-15)30(14-26-19)6-5-29-7-9-32-10-8-29/h1-4,11-14H,5-10H2,(H,27,28,31). The smallest absolute Gasteiger partial charge is 0.264 e. The van der Waals surface area contributed by atoms with Gasteiger partial charge in [0, 0.05) is 26.2 Å². The van der Waals surface area contributed by atoms with Crippen molar-refractivity contribution in [2.45, 2.75) is 6.54 Å². The number of amides is 1. The second-order valence-electron chi connectivity index (χ2n) is 7.72. The first-order chi connectivity index (χ1) is 16.0. The number of carbonyl (C=O) groups excluding carboxylic acids is 1. The van der Waals surface area contributed by atoms with Gasteiger partial charge in [0.2, 0.25) is 0 Å². The van der Waals surface area contributed by atoms with E-state index >= 15 is 0 Å². The van der Waals surface area contributed by atoms with Crippen LogP contribution in [0.4, 0.5) is 10.1 Å². The lowest BCUT2D eigenvalue weighted by Gasteiger charge is -2.26. The molecule has 2 fully saturated rings. The van der Waals surface area contributed by atoms with Crippen LogP contribution in [0.1, 0.15) is 5.56 Å². The van der Waals surface area contributed by atoms with Crippen LogP contribution in [0, 0.1) is 5.82 Å². The summed E-state index contributed by atoms with van der Waals surface area (Å²) in [5.74, 6) is -0.676. The van der Waals surface area contributed by atoms with E-state index in [1.165, 1.54) is 30.0 Å². The first-order valence-electron chi connectivity index (χ1n) is 10.5. The van der Waals surface area contributed by atoms with E-state index in [9.17, 15) is 9.18 Å². The first-order valence-corrected chi connectivity index (χ1v) is 11.7. The fourth-order valence-corrected chi connectivity index (χ4v) is 4.77. The number of thioether (sulfide) groups is 1. The maximum absolute atomic E-state index is 13.3. The molecule has 10 heteroatoms. The molecule has 1 aromatic heterocycles. The Balaban J connectivity index is 1.34. The molecule has 3 aromatic rings. The molecule has 0 saturated carbocycles. The molecular weight excluding hydrogens is 465 g/mol. The maximum Gasteiger partial charge on any atom is 0.264 e. The van der Waals surface area contributed by atoms with E-state index in [1.54, 1.807) is 0 Å². The molecule has 2 aliphatic heterocycles. The molecule has 1 amide bonds. The van der Waals surface area contributed by atoms with E-state index in [0.29, 0.717) is 15.8 Å². The van der Waals surface area contributed by atoms with Crippen molar-refractivity contribution in [2.75, 3.05) is 32.8 Å². The van der Waals surface area contributed by atoms with Crippen LogP contribution >= 0.6 is 23.4 Å². The Morgan fingerprint density at radius 2 is 2.06 bits per heavy atom. The Morgan fingerprint density at radius 3 is 2.88 bits per heavy atom. The van der Waals surface area contributed by atoms with Gasteiger partial charge in [0.15, 0.2) is 5.17 Å². The molecule has 0 unspecified atom stereocenters. The van der Waals surface area contributed by atoms with Crippen molar-refractivity contribution in [2.24, 2.45) is 4.99 Å². The molecule has 2 aromatic carbocycles. The number of hydrogen-bond acceptors (Lipinski definition) is 6. The molecule has 0 atom stereocenters. The fraction of sp³-hybridized carbons (Fsp3) is 0.261. The molecule has 0 radical (unpaired) electrons. The van der Waals surface area contributed by atoms with Gasteiger partial charge in [-0.2, -0.15) is 0 Å². The zero-order valence-electron chi connectivity index (χ0n) is 17.6. The van der Waals surface area contributed by atoms with Gasteiger partial charge in [-0.3, -0.25) is 9.69 Å². The minimum Gasteiger partial charge on any atom is -0.379 e. The molecule has 0 aliphatic carbocycles. The van der Waals surface area contributed by atoms with Crippen LogP contribution < -0.4 is 5.32 Å². The highest BCUT2D eigenvalue weighted by atomic mass is 35.5. The zero-order chi connectivity index (χ0) is 22.8. The van der Waals surface area contributed by atoms with Crippen LogP contribution in [0.5, 0.6) is 0 Å². The van der Waals surface area contributed by atoms with Gasteiger partial charge >= 0.3 is 0 Å². The third-order valence-electron chi connectivity index (χ3n) is 5.49. The van der Waals surface area contributed by atoms with E-state index in [-0.39, 0.29) is 10.9 Å². The van der Waals surface area contributed by atoms with Gasteiger partial charge in [0.05, 0.1) is 46.2 Å². The van der Waals surface area contributed by atoms with Gasteiger partial charge in [0.1, 0.15) is 5.82 Å². The highest BCUT2D eigenvalue weighted by molar-refractivity contribution is 8.18. The Bertz CT molecular complexity index is 1270. The van der Waals surface area contributed by atoms with Crippen LogP contribution in [-0.2, 0) is 16.1 Å². The lowest BCUT2D eigenvalue weighted by molar-refractivity contribution is -0.115. The van der Waals surface area contributed by atoms with Crippen LogP contribution in [0.15, 0.2) is 52.6 Å². The normalized spacial score (nSPS) is 19.6. The maximum atomic E-state index is 13.3. The minimum absolute atomic E-state index is 0.186. The number of aromatic nitrogens is 2. The summed E-state index contributed by atoms with van der Waals surface area (Å²) in [5, 5.41) is 3.32. The lowest BCUT2D eigenvalue weighted by Crippen LogP contribution is -2.38. The fourth-order valence-electron chi connectivity index (χ4n) is 3.73. The van der Waals surface area contributed by atoms with Crippen molar-refractivity contribution in [3.63, 3.8) is 0 Å². The molecule has 170 valence electrons. The Kier molecular flexibility index (Phi) is 6.45. The van der Waals surface area contributed by atoms with Crippen molar-refractivity contribution in [3.8, 4) is 0 Å². The monoisotopic (exact) mass is 485 g/mol.